The standard InChI is InChI=1S/C25H31F6N6O3PS/c1-15-20(34-14-33-15)21(22(38)35-16-7-9-25(26,27)10-8-16)37(23(39)19-11-24(2,40)12-36(19)13-32)17-3-5-18(6-4-17)42(28,29,30,31)41/h3-6,14,16,19,21,40H,7-12,41H2,1-2H3,(H,33,34)(H,35,38). The van der Waals surface area contributed by atoms with Crippen LogP contribution in [0.4, 0.5) is 30.0 Å². The van der Waals surface area contributed by atoms with E-state index in [1.807, 2.05) is 6.19 Å². The normalized spacial score (nSPS) is 25.2. The number of aromatic amines is 1. The Balaban J connectivity index is 1.82. The SMILES string of the molecule is Cc1[nH]cnc1C(C(=O)NC1CCC(F)(F)CC1)N(C(=O)C1CC(C)(O)CN1C#N)c1ccc(S(F)(F)(F)(F)P)cc1. The van der Waals surface area contributed by atoms with E-state index in [0.717, 1.165) is 21.9 Å². The van der Waals surface area contributed by atoms with Crippen molar-refractivity contribution in [3.63, 3.8) is 0 Å². The van der Waals surface area contributed by atoms with Crippen LogP contribution in [0.25, 0.3) is 0 Å². The lowest BCUT2D eigenvalue weighted by molar-refractivity contribution is -0.129. The van der Waals surface area contributed by atoms with E-state index in [1.54, 1.807) is 0 Å². The zero-order chi connectivity index (χ0) is 31.4. The molecule has 4 rings (SSSR count). The first-order valence-corrected chi connectivity index (χ1v) is 16.5. The topological polar surface area (TPSA) is 125 Å². The molecular formula is C25H31F6N6O3PS. The number of rotatable bonds is 7. The fourth-order valence-corrected chi connectivity index (χ4v) is 6.50. The van der Waals surface area contributed by atoms with Gasteiger partial charge in [0, 0.05) is 45.1 Å². The number of carbonyl (C=O) groups is 2. The van der Waals surface area contributed by atoms with Crippen LogP contribution < -0.4 is 10.2 Å². The number of H-pyrrole nitrogens is 1. The maximum absolute atomic E-state index is 14.2. The van der Waals surface area contributed by atoms with Crippen LogP contribution in [-0.4, -0.2) is 61.9 Å². The number of aryl methyl sites for hydroxylation is 1. The van der Waals surface area contributed by atoms with Gasteiger partial charge in [-0.3, -0.25) is 19.4 Å². The van der Waals surface area contributed by atoms with Gasteiger partial charge in [-0.15, -0.1) is 15.5 Å². The van der Waals surface area contributed by atoms with Crippen LogP contribution in [0.2, 0.25) is 0 Å². The lowest BCUT2D eigenvalue weighted by Crippen LogP contribution is -2.52. The van der Waals surface area contributed by atoms with Gasteiger partial charge in [-0.05, 0) is 51.0 Å². The van der Waals surface area contributed by atoms with Crippen LogP contribution in [0.3, 0.4) is 0 Å². The first-order valence-electron chi connectivity index (χ1n) is 12.9. The van der Waals surface area contributed by atoms with E-state index < -0.39 is 68.7 Å². The molecule has 9 nitrogen and oxygen atoms in total. The van der Waals surface area contributed by atoms with E-state index in [0.29, 0.717) is 26.3 Å². The molecule has 0 spiro atoms. The van der Waals surface area contributed by atoms with Gasteiger partial charge < -0.3 is 15.4 Å². The highest BCUT2D eigenvalue weighted by atomic mass is 32.9. The number of hydrogen-bond acceptors (Lipinski definition) is 6. The minimum Gasteiger partial charge on any atom is -0.388 e. The summed E-state index contributed by atoms with van der Waals surface area (Å²) in [6.45, 7) is 2.71. The monoisotopic (exact) mass is 640 g/mol. The molecule has 1 saturated carbocycles. The number of likely N-dealkylation sites (tertiary alicyclic amines) is 1. The van der Waals surface area contributed by atoms with Gasteiger partial charge >= 0.3 is 0 Å². The van der Waals surface area contributed by atoms with E-state index >= 15 is 0 Å². The lowest BCUT2D eigenvalue weighted by Gasteiger charge is -2.46. The summed E-state index contributed by atoms with van der Waals surface area (Å²) in [6, 6.07) is -1.11. The molecule has 4 atom stereocenters. The number of anilines is 1. The van der Waals surface area contributed by atoms with Crippen molar-refractivity contribution in [2.45, 2.75) is 80.5 Å². The number of β-amino-alcohol motifs (C(OH)–C–C–N with tert-alkyl or cyclic N) is 1. The van der Waals surface area contributed by atoms with Crippen LogP contribution in [0.1, 0.15) is 56.5 Å². The molecule has 2 aromatic rings. The first kappa shape index (κ1) is 31.9. The molecule has 2 amide bonds. The summed E-state index contributed by atoms with van der Waals surface area (Å²) >= 11 is 0. The molecule has 4 unspecified atom stereocenters. The number of aromatic nitrogens is 2. The molecule has 232 valence electrons. The number of nitriles is 1. The maximum atomic E-state index is 14.2. The number of halogens is 6. The van der Waals surface area contributed by atoms with Gasteiger partial charge in [0.25, 0.3) is 5.91 Å². The molecule has 3 N–H and O–H groups in total. The van der Waals surface area contributed by atoms with Crippen molar-refractivity contribution in [3.05, 3.63) is 42.0 Å². The molecule has 1 aliphatic carbocycles. The number of hydrogen-bond donors (Lipinski definition) is 3. The summed E-state index contributed by atoms with van der Waals surface area (Å²) in [5.74, 6) is -4.65. The summed E-state index contributed by atoms with van der Waals surface area (Å²) in [4.78, 5) is 35.2. The molecule has 42 heavy (non-hydrogen) atoms. The second-order valence-corrected chi connectivity index (χ2v) is 16.8. The van der Waals surface area contributed by atoms with Crippen LogP contribution in [0.15, 0.2) is 35.5 Å². The molecule has 1 aromatic heterocycles. The fraction of sp³-hybridized carbons (Fsp3) is 0.520. The first-order chi connectivity index (χ1) is 19.1. The van der Waals surface area contributed by atoms with Crippen LogP contribution in [0.5, 0.6) is 0 Å². The smallest absolute Gasteiger partial charge is 0.251 e. The minimum absolute atomic E-state index is 0.00704. The Morgan fingerprint density at radius 2 is 1.83 bits per heavy atom. The van der Waals surface area contributed by atoms with E-state index in [2.05, 4.69) is 15.3 Å². The predicted octanol–water partition coefficient (Wildman–Crippen LogP) is 5.36. The quantitative estimate of drug-likeness (QED) is 0.213. The van der Waals surface area contributed by atoms with Gasteiger partial charge in [-0.2, -0.15) is 5.26 Å². The van der Waals surface area contributed by atoms with Crippen molar-refractivity contribution in [3.8, 4) is 6.19 Å². The Labute approximate surface area is 240 Å². The van der Waals surface area contributed by atoms with Gasteiger partial charge in [0.1, 0.15) is 6.04 Å². The van der Waals surface area contributed by atoms with E-state index in [-0.39, 0.29) is 37.2 Å². The average Bonchev–Trinajstić information content (AvgIpc) is 3.43. The van der Waals surface area contributed by atoms with E-state index in [1.165, 1.54) is 20.2 Å². The molecular weight excluding hydrogens is 609 g/mol. The number of nitrogens with one attached hydrogen (secondary N) is 2. The van der Waals surface area contributed by atoms with Crippen LogP contribution >= 0.6 is 17.9 Å². The number of nitrogens with zero attached hydrogens (tertiary/aromatic N) is 4. The summed E-state index contributed by atoms with van der Waals surface area (Å²) in [7, 11) is -8.35. The van der Waals surface area contributed by atoms with Crippen molar-refractivity contribution in [1.29, 1.82) is 5.26 Å². The highest BCUT2D eigenvalue weighted by molar-refractivity contribution is 8.81. The highest BCUT2D eigenvalue weighted by Crippen LogP contribution is 3.06. The summed E-state index contributed by atoms with van der Waals surface area (Å²) in [6.07, 6.45) is 1.77. The van der Waals surface area contributed by atoms with Crippen molar-refractivity contribution >= 4 is 35.4 Å². The molecule has 2 heterocycles. The zero-order valence-electron chi connectivity index (χ0n) is 22.7. The third kappa shape index (κ3) is 6.95. The van der Waals surface area contributed by atoms with Crippen LogP contribution in [0, 0.1) is 18.4 Å². The van der Waals surface area contributed by atoms with E-state index in [4.69, 9.17) is 0 Å². The Morgan fingerprint density at radius 3 is 2.33 bits per heavy atom. The molecule has 2 aliphatic rings. The summed E-state index contributed by atoms with van der Waals surface area (Å²) in [5.41, 5.74) is -1.40. The zero-order valence-corrected chi connectivity index (χ0v) is 24.6. The molecule has 1 aromatic carbocycles. The number of amides is 2. The van der Waals surface area contributed by atoms with Crippen molar-refractivity contribution in [2.75, 3.05) is 11.4 Å². The molecule has 0 bridgehead atoms. The summed E-state index contributed by atoms with van der Waals surface area (Å²) < 4.78 is 83.9. The molecule has 0 radical (unpaired) electrons. The third-order valence-corrected chi connectivity index (χ3v) is 9.55. The Bertz CT molecular complexity index is 1400. The van der Waals surface area contributed by atoms with E-state index in [9.17, 15) is 44.3 Å². The van der Waals surface area contributed by atoms with Gasteiger partial charge in [-0.1, -0.05) is 0 Å². The van der Waals surface area contributed by atoms with Crippen molar-refractivity contribution < 1.29 is 39.0 Å². The van der Waals surface area contributed by atoms with Gasteiger partial charge in [0.2, 0.25) is 11.8 Å². The average molecular weight is 641 g/mol. The third-order valence-electron chi connectivity index (χ3n) is 7.48. The molecule has 17 heteroatoms. The lowest BCUT2D eigenvalue weighted by atomic mass is 9.92. The van der Waals surface area contributed by atoms with Crippen molar-refractivity contribution in [1.82, 2.24) is 20.2 Å². The van der Waals surface area contributed by atoms with Crippen molar-refractivity contribution in [2.24, 2.45) is 0 Å². The minimum atomic E-state index is -8.68. The van der Waals surface area contributed by atoms with Gasteiger partial charge in [-0.25, -0.2) is 13.8 Å². The second-order valence-electron chi connectivity index (χ2n) is 11.2. The Kier molecular flexibility index (Phi) is 7.62. The summed E-state index contributed by atoms with van der Waals surface area (Å²) in [5, 5.41) is 22.9. The number of alkyl halides is 2. The number of aliphatic hydroxyl groups is 1. The number of benzene rings is 1. The highest BCUT2D eigenvalue weighted by Gasteiger charge is 2.59. The predicted molar refractivity (Wildman–Crippen MR) is 147 cm³/mol. The number of carbonyl (C=O) groups excluding carboxylic acids is 2. The number of imidazole rings is 1. The molecule has 1 aliphatic heterocycles. The second kappa shape index (κ2) is 10.0. The fourth-order valence-electron chi connectivity index (χ4n) is 5.32. The largest absolute Gasteiger partial charge is 0.388 e. The Morgan fingerprint density at radius 1 is 1.24 bits per heavy atom. The van der Waals surface area contributed by atoms with Crippen LogP contribution in [-0.2, 0) is 9.59 Å². The Hall–Kier alpha value is -3.02. The molecule has 1 saturated heterocycles. The van der Waals surface area contributed by atoms with Gasteiger partial charge in [0.15, 0.2) is 21.7 Å². The maximum Gasteiger partial charge on any atom is 0.251 e. The van der Waals surface area contributed by atoms with Gasteiger partial charge in [0.05, 0.1) is 29.1 Å². The molecule has 2 fully saturated rings.